The van der Waals surface area contributed by atoms with Crippen LogP contribution in [0.3, 0.4) is 0 Å². The number of carbonyl (C=O) groups is 1. The minimum absolute atomic E-state index is 0. The molecule has 1 aliphatic heterocycles. The third-order valence-electron chi connectivity index (χ3n) is 6.22. The van der Waals surface area contributed by atoms with E-state index in [1.54, 1.807) is 6.07 Å². The number of carbonyl (C=O) groups excluding carboxylic acids is 1. The van der Waals surface area contributed by atoms with Crippen molar-refractivity contribution in [3.8, 4) is 0 Å². The molecule has 1 saturated heterocycles. The zero-order chi connectivity index (χ0) is 21.7. The normalized spacial score (nSPS) is 17.1. The minimum Gasteiger partial charge on any atom is -0.357 e. The second-order valence-electron chi connectivity index (χ2n) is 8.54. The number of nitrogens with one attached hydrogen (secondary N) is 2. The Morgan fingerprint density at radius 1 is 1.09 bits per heavy atom. The van der Waals surface area contributed by atoms with Gasteiger partial charge in [0.25, 0.3) is 0 Å². The fourth-order valence-electron chi connectivity index (χ4n) is 4.19. The number of hydrogen-bond acceptors (Lipinski definition) is 2. The molecule has 2 fully saturated rings. The van der Waals surface area contributed by atoms with E-state index in [4.69, 9.17) is 4.99 Å². The summed E-state index contributed by atoms with van der Waals surface area (Å²) in [6.45, 7) is 5.58. The molecule has 0 aromatic heterocycles. The van der Waals surface area contributed by atoms with Gasteiger partial charge in [-0.2, -0.15) is 0 Å². The minimum atomic E-state index is -0.129. The van der Waals surface area contributed by atoms with E-state index in [0.29, 0.717) is 26.1 Å². The van der Waals surface area contributed by atoms with Crippen LogP contribution < -0.4 is 10.6 Å². The first-order chi connectivity index (χ1) is 15.1. The molecular weight excluding hydrogens is 518 g/mol. The highest BCUT2D eigenvalue weighted by atomic mass is 127. The van der Waals surface area contributed by atoms with Gasteiger partial charge < -0.3 is 15.5 Å². The van der Waals surface area contributed by atoms with Crippen LogP contribution in [0.1, 0.15) is 49.3 Å². The molecule has 2 aliphatic rings. The summed E-state index contributed by atoms with van der Waals surface area (Å²) >= 11 is 0. The van der Waals surface area contributed by atoms with E-state index < -0.39 is 0 Å². The lowest BCUT2D eigenvalue weighted by molar-refractivity contribution is -0.128. The van der Waals surface area contributed by atoms with Gasteiger partial charge in [-0.1, -0.05) is 42.5 Å². The SMILES string of the molecule is CCNC(=NCc1ccc(CN2CCCC2=O)cc1)NCC1(c2ccccc2F)CC1.I. The first-order valence-electron chi connectivity index (χ1n) is 11.2. The van der Waals surface area contributed by atoms with E-state index in [2.05, 4.69) is 34.9 Å². The Bertz CT molecular complexity index is 943. The van der Waals surface area contributed by atoms with Gasteiger partial charge in [-0.05, 0) is 48.9 Å². The lowest BCUT2D eigenvalue weighted by atomic mass is 9.95. The first kappa shape index (κ1) is 24.5. The number of guanidine groups is 1. The average molecular weight is 550 g/mol. The van der Waals surface area contributed by atoms with Crippen molar-refractivity contribution < 1.29 is 9.18 Å². The lowest BCUT2D eigenvalue weighted by Crippen LogP contribution is -2.41. The van der Waals surface area contributed by atoms with Crippen LogP contribution >= 0.6 is 24.0 Å². The summed E-state index contributed by atoms with van der Waals surface area (Å²) in [5.74, 6) is 0.871. The Hall–Kier alpha value is -2.16. The van der Waals surface area contributed by atoms with E-state index in [9.17, 15) is 9.18 Å². The van der Waals surface area contributed by atoms with E-state index >= 15 is 0 Å². The van der Waals surface area contributed by atoms with Crippen molar-refractivity contribution in [2.75, 3.05) is 19.6 Å². The summed E-state index contributed by atoms with van der Waals surface area (Å²) in [5.41, 5.74) is 2.93. The number of rotatable bonds is 8. The Kier molecular flexibility index (Phi) is 8.51. The summed E-state index contributed by atoms with van der Waals surface area (Å²) < 4.78 is 14.3. The van der Waals surface area contributed by atoms with Gasteiger partial charge >= 0.3 is 0 Å². The largest absolute Gasteiger partial charge is 0.357 e. The van der Waals surface area contributed by atoms with Gasteiger partial charge in [-0.15, -0.1) is 24.0 Å². The molecule has 4 rings (SSSR count). The molecule has 1 aliphatic carbocycles. The van der Waals surface area contributed by atoms with Gasteiger partial charge in [0.1, 0.15) is 5.82 Å². The lowest BCUT2D eigenvalue weighted by Gasteiger charge is -2.19. The smallest absolute Gasteiger partial charge is 0.222 e. The van der Waals surface area contributed by atoms with Gasteiger partial charge in [0, 0.05) is 38.0 Å². The molecule has 172 valence electrons. The van der Waals surface area contributed by atoms with Crippen molar-refractivity contribution in [3.63, 3.8) is 0 Å². The number of halogens is 2. The monoisotopic (exact) mass is 550 g/mol. The zero-order valence-electron chi connectivity index (χ0n) is 18.6. The van der Waals surface area contributed by atoms with Crippen LogP contribution in [0.2, 0.25) is 0 Å². The topological polar surface area (TPSA) is 56.7 Å². The fourth-order valence-corrected chi connectivity index (χ4v) is 4.19. The molecular formula is C25H32FIN4O. The fraction of sp³-hybridized carbons (Fsp3) is 0.440. The summed E-state index contributed by atoms with van der Waals surface area (Å²) in [7, 11) is 0. The number of nitrogens with zero attached hydrogens (tertiary/aromatic N) is 2. The highest BCUT2D eigenvalue weighted by molar-refractivity contribution is 14.0. The van der Waals surface area contributed by atoms with Crippen molar-refractivity contribution in [1.82, 2.24) is 15.5 Å². The van der Waals surface area contributed by atoms with Crippen molar-refractivity contribution >= 4 is 35.8 Å². The van der Waals surface area contributed by atoms with Gasteiger partial charge in [-0.25, -0.2) is 9.38 Å². The molecule has 32 heavy (non-hydrogen) atoms. The van der Waals surface area contributed by atoms with Crippen LogP contribution in [-0.4, -0.2) is 36.4 Å². The molecule has 2 aromatic rings. The Labute approximate surface area is 206 Å². The third-order valence-corrected chi connectivity index (χ3v) is 6.22. The molecule has 0 bridgehead atoms. The second-order valence-corrected chi connectivity index (χ2v) is 8.54. The van der Waals surface area contributed by atoms with Gasteiger partial charge in [0.05, 0.1) is 6.54 Å². The van der Waals surface area contributed by atoms with Gasteiger partial charge in [-0.3, -0.25) is 4.79 Å². The molecule has 1 amide bonds. The van der Waals surface area contributed by atoms with Gasteiger partial charge in [0.2, 0.25) is 5.91 Å². The van der Waals surface area contributed by atoms with Crippen molar-refractivity contribution in [2.24, 2.45) is 4.99 Å². The van der Waals surface area contributed by atoms with Crippen LogP contribution in [0, 0.1) is 5.82 Å². The molecule has 1 heterocycles. The molecule has 0 radical (unpaired) electrons. The van der Waals surface area contributed by atoms with Crippen LogP contribution in [0.4, 0.5) is 4.39 Å². The molecule has 7 heteroatoms. The van der Waals surface area contributed by atoms with Crippen LogP contribution in [0.5, 0.6) is 0 Å². The summed E-state index contributed by atoms with van der Waals surface area (Å²) in [6, 6.07) is 15.4. The molecule has 2 aromatic carbocycles. The van der Waals surface area contributed by atoms with Crippen molar-refractivity contribution in [1.29, 1.82) is 0 Å². The first-order valence-corrected chi connectivity index (χ1v) is 11.2. The van der Waals surface area contributed by atoms with Crippen LogP contribution in [0.25, 0.3) is 0 Å². The van der Waals surface area contributed by atoms with E-state index in [1.165, 1.54) is 6.07 Å². The maximum atomic E-state index is 14.3. The third kappa shape index (κ3) is 5.99. The number of benzene rings is 2. The highest BCUT2D eigenvalue weighted by Crippen LogP contribution is 2.48. The average Bonchev–Trinajstić information content (AvgIpc) is 3.46. The maximum Gasteiger partial charge on any atom is 0.222 e. The number of hydrogen-bond donors (Lipinski definition) is 2. The zero-order valence-corrected chi connectivity index (χ0v) is 20.9. The standard InChI is InChI=1S/C25H31FN4O.HI/c1-2-27-24(29-18-25(13-14-25)21-6-3-4-7-22(21)26)28-16-19-9-11-20(12-10-19)17-30-15-5-8-23(30)31;/h3-4,6-7,9-12H,2,5,8,13-18H2,1H3,(H2,27,28,29);1H. The predicted octanol–water partition coefficient (Wildman–Crippen LogP) is 4.35. The van der Waals surface area contributed by atoms with Crippen molar-refractivity contribution in [2.45, 2.75) is 51.1 Å². The Morgan fingerprint density at radius 2 is 1.81 bits per heavy atom. The number of amides is 1. The molecule has 5 nitrogen and oxygen atoms in total. The highest BCUT2D eigenvalue weighted by Gasteiger charge is 2.45. The molecule has 2 N–H and O–H groups in total. The van der Waals surface area contributed by atoms with E-state index in [-0.39, 0.29) is 41.1 Å². The number of aliphatic imine (C=N–C) groups is 1. The summed E-state index contributed by atoms with van der Waals surface area (Å²) in [6.07, 6.45) is 3.61. The molecule has 0 unspecified atom stereocenters. The Morgan fingerprint density at radius 3 is 2.44 bits per heavy atom. The predicted molar refractivity (Wildman–Crippen MR) is 137 cm³/mol. The molecule has 0 spiro atoms. The number of likely N-dealkylation sites (tertiary alicyclic amines) is 1. The van der Waals surface area contributed by atoms with E-state index in [1.807, 2.05) is 24.0 Å². The maximum absolute atomic E-state index is 14.3. The van der Waals surface area contributed by atoms with Crippen LogP contribution in [-0.2, 0) is 23.3 Å². The quantitative estimate of drug-likeness (QED) is 0.292. The van der Waals surface area contributed by atoms with Crippen molar-refractivity contribution in [3.05, 3.63) is 71.0 Å². The molecule has 0 atom stereocenters. The van der Waals surface area contributed by atoms with Gasteiger partial charge in [0.15, 0.2) is 5.96 Å². The molecule has 1 saturated carbocycles. The summed E-state index contributed by atoms with van der Waals surface area (Å²) in [4.78, 5) is 18.4. The van der Waals surface area contributed by atoms with E-state index in [0.717, 1.165) is 55.0 Å². The second kappa shape index (κ2) is 11.1. The van der Waals surface area contributed by atoms with Crippen LogP contribution in [0.15, 0.2) is 53.5 Å². The Balaban J connectivity index is 0.00000289. The summed E-state index contributed by atoms with van der Waals surface area (Å²) in [5, 5.41) is 6.70.